The van der Waals surface area contributed by atoms with Gasteiger partial charge in [0.15, 0.2) is 10.9 Å². The lowest BCUT2D eigenvalue weighted by Crippen LogP contribution is -2.40. The molecule has 0 aliphatic carbocycles. The lowest BCUT2D eigenvalue weighted by molar-refractivity contribution is 0.0222. The summed E-state index contributed by atoms with van der Waals surface area (Å²) >= 11 is 1.51. The smallest absolute Gasteiger partial charge is 0.410 e. The number of nitrogens with one attached hydrogen (secondary N) is 2. The number of aromatic nitrogens is 2. The van der Waals surface area contributed by atoms with Crippen molar-refractivity contribution in [2.75, 3.05) is 18.8 Å². The summed E-state index contributed by atoms with van der Waals surface area (Å²) in [5.41, 5.74) is 1.40. The van der Waals surface area contributed by atoms with Crippen LogP contribution in [0.3, 0.4) is 0 Å². The first-order chi connectivity index (χ1) is 11.3. The number of H-pyrrole nitrogens is 1. The lowest BCUT2D eigenvalue weighted by atomic mass is 10.1. The van der Waals surface area contributed by atoms with Crippen molar-refractivity contribution in [3.8, 4) is 0 Å². The molecule has 0 saturated heterocycles. The van der Waals surface area contributed by atoms with Crippen molar-refractivity contribution in [2.45, 2.75) is 39.3 Å². The highest BCUT2D eigenvalue weighted by atomic mass is 32.2. The molecule has 0 radical (unpaired) electrons. The van der Waals surface area contributed by atoms with Crippen molar-refractivity contribution in [1.29, 1.82) is 0 Å². The predicted octanol–water partition coefficient (Wildman–Crippen LogP) is 1.54. The van der Waals surface area contributed by atoms with Gasteiger partial charge in [-0.25, -0.2) is 4.79 Å². The van der Waals surface area contributed by atoms with Gasteiger partial charge < -0.3 is 9.64 Å². The van der Waals surface area contributed by atoms with Crippen LogP contribution in [0.25, 0.3) is 0 Å². The van der Waals surface area contributed by atoms with E-state index in [0.717, 1.165) is 17.0 Å². The number of aromatic amines is 1. The standard InChI is InChI=1S/C15H21N5O3S/c1-15(2,3)23-14(22)20-6-4-10-9(8-20)11(19-18-10)12(21)17-13-16-5-7-24-13/h4-8H2,1-3H3,(H,18,19)(H,16,17,21). The Morgan fingerprint density at radius 2 is 2.17 bits per heavy atom. The van der Waals surface area contributed by atoms with Crippen molar-refractivity contribution < 1.29 is 14.3 Å². The molecule has 8 nitrogen and oxygen atoms in total. The summed E-state index contributed by atoms with van der Waals surface area (Å²) in [6.07, 6.45) is 0.237. The molecule has 2 aliphatic rings. The van der Waals surface area contributed by atoms with Crippen LogP contribution in [0.1, 0.15) is 42.5 Å². The summed E-state index contributed by atoms with van der Waals surface area (Å²) < 4.78 is 5.41. The number of thioether (sulfide) groups is 1. The highest BCUT2D eigenvalue weighted by molar-refractivity contribution is 8.14. The Morgan fingerprint density at radius 3 is 2.83 bits per heavy atom. The minimum absolute atomic E-state index is 0.299. The highest BCUT2D eigenvalue weighted by Crippen LogP contribution is 2.22. The number of nitrogens with zero attached hydrogens (tertiary/aromatic N) is 3. The second-order valence-corrected chi connectivity index (χ2v) is 7.75. The number of fused-ring (bicyclic) bond motifs is 1. The summed E-state index contributed by atoms with van der Waals surface area (Å²) in [7, 11) is 0. The van der Waals surface area contributed by atoms with Crippen LogP contribution in [0.4, 0.5) is 4.79 Å². The fourth-order valence-electron chi connectivity index (χ4n) is 2.53. The Kier molecular flexibility index (Phi) is 4.53. The first-order valence-electron chi connectivity index (χ1n) is 7.86. The summed E-state index contributed by atoms with van der Waals surface area (Å²) in [6, 6.07) is 0. The van der Waals surface area contributed by atoms with Gasteiger partial charge in [0.05, 0.1) is 13.1 Å². The maximum Gasteiger partial charge on any atom is 0.410 e. The number of ether oxygens (including phenoxy) is 1. The van der Waals surface area contributed by atoms with Crippen LogP contribution in [-0.4, -0.2) is 56.7 Å². The molecule has 2 N–H and O–H groups in total. The summed E-state index contributed by atoms with van der Waals surface area (Å²) in [5, 5.41) is 10.4. The van der Waals surface area contributed by atoms with E-state index in [2.05, 4.69) is 20.5 Å². The Hall–Kier alpha value is -2.03. The van der Waals surface area contributed by atoms with Gasteiger partial charge in [-0.3, -0.25) is 20.2 Å². The quantitative estimate of drug-likeness (QED) is 0.799. The summed E-state index contributed by atoms with van der Waals surface area (Å²) in [4.78, 5) is 30.5. The van der Waals surface area contributed by atoms with Gasteiger partial charge >= 0.3 is 6.09 Å². The molecule has 0 spiro atoms. The van der Waals surface area contributed by atoms with Gasteiger partial charge in [0.1, 0.15) is 5.60 Å². The van der Waals surface area contributed by atoms with Crippen LogP contribution in [-0.2, 0) is 17.7 Å². The Labute approximate surface area is 144 Å². The van der Waals surface area contributed by atoms with E-state index >= 15 is 0 Å². The van der Waals surface area contributed by atoms with E-state index in [4.69, 9.17) is 4.74 Å². The number of amides is 2. The number of hydrogen-bond acceptors (Lipinski definition) is 6. The molecule has 0 atom stereocenters. The molecular formula is C15H21N5O3S. The average molecular weight is 351 g/mol. The van der Waals surface area contributed by atoms with Gasteiger partial charge in [0.25, 0.3) is 5.91 Å². The Bertz CT molecular complexity index is 692. The van der Waals surface area contributed by atoms with E-state index in [9.17, 15) is 9.59 Å². The molecule has 1 aromatic heterocycles. The predicted molar refractivity (Wildman–Crippen MR) is 91.2 cm³/mol. The fourth-order valence-corrected chi connectivity index (χ4v) is 3.26. The number of carbonyl (C=O) groups excluding carboxylic acids is 2. The molecule has 0 unspecified atom stereocenters. The zero-order valence-electron chi connectivity index (χ0n) is 14.0. The van der Waals surface area contributed by atoms with E-state index in [-0.39, 0.29) is 12.0 Å². The second-order valence-electron chi connectivity index (χ2n) is 6.67. The monoisotopic (exact) mass is 351 g/mol. The molecule has 2 amide bonds. The van der Waals surface area contributed by atoms with Gasteiger partial charge in [-0.1, -0.05) is 11.8 Å². The van der Waals surface area contributed by atoms with E-state index in [0.29, 0.717) is 36.9 Å². The summed E-state index contributed by atoms with van der Waals surface area (Å²) in [5.74, 6) is 0.576. The minimum Gasteiger partial charge on any atom is -0.444 e. The SMILES string of the molecule is CC(C)(C)OC(=O)N1CCc2[nH]nc(C(=O)NC3=NCCS3)c2C1. The first-order valence-corrected chi connectivity index (χ1v) is 8.85. The molecule has 0 fully saturated rings. The van der Waals surface area contributed by atoms with Crippen LogP contribution >= 0.6 is 11.8 Å². The second kappa shape index (κ2) is 6.46. The molecule has 2 aliphatic heterocycles. The molecule has 9 heteroatoms. The van der Waals surface area contributed by atoms with Crippen molar-refractivity contribution in [3.63, 3.8) is 0 Å². The molecule has 1 aromatic rings. The van der Waals surface area contributed by atoms with Crippen LogP contribution in [0, 0.1) is 0 Å². The van der Waals surface area contributed by atoms with Crippen LogP contribution < -0.4 is 5.32 Å². The lowest BCUT2D eigenvalue weighted by Gasteiger charge is -2.30. The molecule has 24 heavy (non-hydrogen) atoms. The Balaban J connectivity index is 1.72. The third-order valence-corrected chi connectivity index (χ3v) is 4.50. The fraction of sp³-hybridized carbons (Fsp3) is 0.600. The largest absolute Gasteiger partial charge is 0.444 e. The zero-order chi connectivity index (χ0) is 17.3. The first kappa shape index (κ1) is 16.8. The number of carbonyl (C=O) groups is 2. The van der Waals surface area contributed by atoms with Crippen molar-refractivity contribution in [1.82, 2.24) is 20.4 Å². The molecule has 0 bridgehead atoms. The molecule has 3 heterocycles. The van der Waals surface area contributed by atoms with E-state index in [1.807, 2.05) is 20.8 Å². The van der Waals surface area contributed by atoms with Gasteiger partial charge in [0, 0.05) is 30.0 Å². The molecular weight excluding hydrogens is 330 g/mol. The molecule has 0 saturated carbocycles. The van der Waals surface area contributed by atoms with Crippen LogP contribution in [0.2, 0.25) is 0 Å². The topological polar surface area (TPSA) is 99.7 Å². The van der Waals surface area contributed by atoms with Crippen molar-refractivity contribution in [2.24, 2.45) is 4.99 Å². The minimum atomic E-state index is -0.550. The van der Waals surface area contributed by atoms with E-state index in [1.54, 1.807) is 4.90 Å². The zero-order valence-corrected chi connectivity index (χ0v) is 14.8. The normalized spacial score (nSPS) is 17.3. The van der Waals surface area contributed by atoms with Crippen LogP contribution in [0.15, 0.2) is 4.99 Å². The van der Waals surface area contributed by atoms with E-state index in [1.165, 1.54) is 11.8 Å². The molecule has 0 aromatic carbocycles. The van der Waals surface area contributed by atoms with Gasteiger partial charge in [0.2, 0.25) is 0 Å². The third-order valence-electron chi connectivity index (χ3n) is 3.61. The Morgan fingerprint density at radius 1 is 1.38 bits per heavy atom. The molecule has 3 rings (SSSR count). The molecule has 130 valence electrons. The van der Waals surface area contributed by atoms with E-state index < -0.39 is 5.60 Å². The van der Waals surface area contributed by atoms with Crippen molar-refractivity contribution in [3.05, 3.63) is 17.0 Å². The number of amidine groups is 1. The number of aliphatic imine (C=N–C) groups is 1. The maximum atomic E-state index is 12.4. The van der Waals surface area contributed by atoms with Crippen LogP contribution in [0.5, 0.6) is 0 Å². The maximum absolute atomic E-state index is 12.4. The van der Waals surface area contributed by atoms with Gasteiger partial charge in [-0.05, 0) is 20.8 Å². The third kappa shape index (κ3) is 3.72. The average Bonchev–Trinajstić information content (AvgIpc) is 3.13. The highest BCUT2D eigenvalue weighted by Gasteiger charge is 2.30. The number of hydrogen-bond donors (Lipinski definition) is 2. The summed E-state index contributed by atoms with van der Waals surface area (Å²) in [6.45, 7) is 7.05. The van der Waals surface area contributed by atoms with Gasteiger partial charge in [-0.15, -0.1) is 0 Å². The van der Waals surface area contributed by atoms with Gasteiger partial charge in [-0.2, -0.15) is 5.10 Å². The number of rotatable bonds is 1. The van der Waals surface area contributed by atoms with Crippen molar-refractivity contribution >= 4 is 28.9 Å².